The fourth-order valence-corrected chi connectivity index (χ4v) is 2.31. The molecule has 0 aliphatic rings. The molecule has 0 saturated carbocycles. The van der Waals surface area contributed by atoms with Crippen LogP contribution in [0.2, 0.25) is 0 Å². The SMILES string of the molecule is O=C(c1ccccc1F)n1cc(CO)c2ccccc21. The van der Waals surface area contributed by atoms with Crippen molar-refractivity contribution in [3.05, 3.63) is 71.7 Å². The van der Waals surface area contributed by atoms with E-state index in [2.05, 4.69) is 0 Å². The first kappa shape index (κ1) is 12.6. The zero-order valence-electron chi connectivity index (χ0n) is 10.6. The highest BCUT2D eigenvalue weighted by atomic mass is 19.1. The van der Waals surface area contributed by atoms with Gasteiger partial charge in [-0.3, -0.25) is 9.36 Å². The van der Waals surface area contributed by atoms with Crippen molar-refractivity contribution in [3.8, 4) is 0 Å². The molecular weight excluding hydrogens is 257 g/mol. The highest BCUT2D eigenvalue weighted by molar-refractivity contribution is 6.03. The molecule has 0 saturated heterocycles. The van der Waals surface area contributed by atoms with Crippen molar-refractivity contribution in [3.63, 3.8) is 0 Å². The number of hydrogen-bond donors (Lipinski definition) is 1. The van der Waals surface area contributed by atoms with Gasteiger partial charge in [-0.05, 0) is 18.2 Å². The molecule has 0 aliphatic heterocycles. The number of para-hydroxylation sites is 1. The summed E-state index contributed by atoms with van der Waals surface area (Å²) >= 11 is 0. The molecule has 0 radical (unpaired) electrons. The summed E-state index contributed by atoms with van der Waals surface area (Å²) in [5, 5.41) is 10.1. The van der Waals surface area contributed by atoms with Crippen molar-refractivity contribution in [1.82, 2.24) is 4.57 Å². The van der Waals surface area contributed by atoms with Gasteiger partial charge in [0.1, 0.15) is 5.82 Å². The molecule has 0 bridgehead atoms. The molecule has 1 aromatic heterocycles. The number of aromatic nitrogens is 1. The smallest absolute Gasteiger partial charge is 0.265 e. The number of aliphatic hydroxyl groups excluding tert-OH is 1. The van der Waals surface area contributed by atoms with Crippen LogP contribution in [0.5, 0.6) is 0 Å². The summed E-state index contributed by atoms with van der Waals surface area (Å²) in [4.78, 5) is 12.5. The molecular formula is C16H12FNO2. The summed E-state index contributed by atoms with van der Waals surface area (Å²) in [7, 11) is 0. The van der Waals surface area contributed by atoms with E-state index >= 15 is 0 Å². The van der Waals surface area contributed by atoms with E-state index in [0.29, 0.717) is 11.1 Å². The largest absolute Gasteiger partial charge is 0.392 e. The van der Waals surface area contributed by atoms with Gasteiger partial charge in [-0.2, -0.15) is 0 Å². The standard InChI is InChI=1S/C16H12FNO2/c17-14-7-3-1-6-13(14)16(20)18-9-11(10-19)12-5-2-4-8-15(12)18/h1-9,19H,10H2. The van der Waals surface area contributed by atoms with Crippen LogP contribution in [0.1, 0.15) is 15.9 Å². The lowest BCUT2D eigenvalue weighted by Crippen LogP contribution is -2.12. The van der Waals surface area contributed by atoms with Crippen LogP contribution < -0.4 is 0 Å². The maximum absolute atomic E-state index is 13.7. The normalized spacial score (nSPS) is 10.9. The highest BCUT2D eigenvalue weighted by Crippen LogP contribution is 2.23. The lowest BCUT2D eigenvalue weighted by molar-refractivity contribution is 0.0960. The Kier molecular flexibility index (Phi) is 3.08. The van der Waals surface area contributed by atoms with E-state index < -0.39 is 11.7 Å². The van der Waals surface area contributed by atoms with Gasteiger partial charge in [-0.1, -0.05) is 30.3 Å². The van der Waals surface area contributed by atoms with Crippen molar-refractivity contribution >= 4 is 16.8 Å². The van der Waals surface area contributed by atoms with Crippen molar-refractivity contribution in [2.45, 2.75) is 6.61 Å². The van der Waals surface area contributed by atoms with Crippen LogP contribution in [-0.2, 0) is 6.61 Å². The molecule has 2 aromatic carbocycles. The number of carbonyl (C=O) groups is 1. The molecule has 4 heteroatoms. The van der Waals surface area contributed by atoms with Gasteiger partial charge in [-0.15, -0.1) is 0 Å². The first-order valence-corrected chi connectivity index (χ1v) is 6.21. The third kappa shape index (κ3) is 1.90. The Morgan fingerprint density at radius 1 is 1.10 bits per heavy atom. The molecule has 1 N–H and O–H groups in total. The van der Waals surface area contributed by atoms with Gasteiger partial charge >= 0.3 is 0 Å². The maximum atomic E-state index is 13.7. The number of carbonyl (C=O) groups excluding carboxylic acids is 1. The van der Waals surface area contributed by atoms with Crippen LogP contribution in [0, 0.1) is 5.82 Å². The second kappa shape index (κ2) is 4.90. The maximum Gasteiger partial charge on any atom is 0.265 e. The summed E-state index contributed by atoms with van der Waals surface area (Å²) in [6.07, 6.45) is 1.56. The van der Waals surface area contributed by atoms with Gasteiger partial charge in [0.2, 0.25) is 0 Å². The second-order valence-corrected chi connectivity index (χ2v) is 4.48. The Balaban J connectivity index is 2.20. The summed E-state index contributed by atoms with van der Waals surface area (Å²) in [6, 6.07) is 13.1. The first-order chi connectivity index (χ1) is 9.72. The zero-order valence-corrected chi connectivity index (χ0v) is 10.6. The summed E-state index contributed by atoms with van der Waals surface area (Å²) in [5.74, 6) is -1.00. The highest BCUT2D eigenvalue weighted by Gasteiger charge is 2.17. The van der Waals surface area contributed by atoms with Crippen LogP contribution in [0.3, 0.4) is 0 Å². The molecule has 0 unspecified atom stereocenters. The van der Waals surface area contributed by atoms with Gasteiger partial charge in [0.05, 0.1) is 17.7 Å². The molecule has 3 nitrogen and oxygen atoms in total. The molecule has 0 atom stereocenters. The van der Waals surface area contributed by atoms with E-state index in [1.54, 1.807) is 30.5 Å². The fourth-order valence-electron chi connectivity index (χ4n) is 2.31. The minimum Gasteiger partial charge on any atom is -0.392 e. The molecule has 0 fully saturated rings. The summed E-state index contributed by atoms with van der Waals surface area (Å²) < 4.78 is 15.1. The third-order valence-corrected chi connectivity index (χ3v) is 3.29. The van der Waals surface area contributed by atoms with E-state index in [9.17, 15) is 14.3 Å². The van der Waals surface area contributed by atoms with E-state index in [0.717, 1.165) is 5.39 Å². The van der Waals surface area contributed by atoms with E-state index in [-0.39, 0.29) is 12.2 Å². The van der Waals surface area contributed by atoms with Crippen molar-refractivity contribution in [2.24, 2.45) is 0 Å². The average molecular weight is 269 g/mol. The summed E-state index contributed by atoms with van der Waals surface area (Å²) in [6.45, 7) is -0.169. The monoisotopic (exact) mass is 269 g/mol. The minimum atomic E-state index is -0.555. The van der Waals surface area contributed by atoms with Crippen molar-refractivity contribution < 1.29 is 14.3 Å². The van der Waals surface area contributed by atoms with Crippen LogP contribution >= 0.6 is 0 Å². The second-order valence-electron chi connectivity index (χ2n) is 4.48. The Hall–Kier alpha value is -2.46. The van der Waals surface area contributed by atoms with E-state index in [1.165, 1.54) is 16.7 Å². The molecule has 1 heterocycles. The van der Waals surface area contributed by atoms with Crippen LogP contribution in [0.25, 0.3) is 10.9 Å². The molecule has 3 rings (SSSR count). The first-order valence-electron chi connectivity index (χ1n) is 6.21. The number of rotatable bonds is 2. The lowest BCUT2D eigenvalue weighted by Gasteiger charge is -2.05. The number of hydrogen-bond acceptors (Lipinski definition) is 2. The van der Waals surface area contributed by atoms with Gasteiger partial charge in [0.25, 0.3) is 5.91 Å². The molecule has 100 valence electrons. The number of benzene rings is 2. The lowest BCUT2D eigenvalue weighted by atomic mass is 10.2. The molecule has 0 aliphatic carbocycles. The number of fused-ring (bicyclic) bond motifs is 1. The Bertz CT molecular complexity index is 792. The predicted molar refractivity (Wildman–Crippen MR) is 74.0 cm³/mol. The quantitative estimate of drug-likeness (QED) is 0.777. The van der Waals surface area contributed by atoms with Crippen molar-refractivity contribution in [2.75, 3.05) is 0 Å². The molecule has 20 heavy (non-hydrogen) atoms. The van der Waals surface area contributed by atoms with Crippen LogP contribution in [0.4, 0.5) is 4.39 Å². The number of aliphatic hydroxyl groups is 1. The topological polar surface area (TPSA) is 42.2 Å². The zero-order chi connectivity index (χ0) is 14.1. The van der Waals surface area contributed by atoms with Gasteiger partial charge in [0.15, 0.2) is 0 Å². The van der Waals surface area contributed by atoms with Crippen LogP contribution in [0.15, 0.2) is 54.7 Å². The van der Waals surface area contributed by atoms with Gasteiger partial charge in [0, 0.05) is 17.1 Å². The Morgan fingerprint density at radius 3 is 2.55 bits per heavy atom. The number of halogens is 1. The summed E-state index contributed by atoms with van der Waals surface area (Å²) in [5.41, 5.74) is 1.31. The molecule has 0 amide bonds. The van der Waals surface area contributed by atoms with E-state index in [1.807, 2.05) is 12.1 Å². The van der Waals surface area contributed by atoms with Gasteiger partial charge < -0.3 is 5.11 Å². The Morgan fingerprint density at radius 2 is 1.80 bits per heavy atom. The third-order valence-electron chi connectivity index (χ3n) is 3.29. The average Bonchev–Trinajstić information content (AvgIpc) is 2.86. The minimum absolute atomic E-state index is 0.0118. The Labute approximate surface area is 114 Å². The predicted octanol–water partition coefficient (Wildman–Crippen LogP) is 2.96. The molecule has 3 aromatic rings. The fraction of sp³-hybridized carbons (Fsp3) is 0.0625. The van der Waals surface area contributed by atoms with Crippen LogP contribution in [-0.4, -0.2) is 15.6 Å². The molecule has 0 spiro atoms. The van der Waals surface area contributed by atoms with Gasteiger partial charge in [-0.25, -0.2) is 4.39 Å². The number of nitrogens with zero attached hydrogens (tertiary/aromatic N) is 1. The van der Waals surface area contributed by atoms with Crippen molar-refractivity contribution in [1.29, 1.82) is 0 Å². The van der Waals surface area contributed by atoms with E-state index in [4.69, 9.17) is 0 Å².